The number of hydrogen-bond donors (Lipinski definition) is 1. The van der Waals surface area contributed by atoms with Crippen LogP contribution in [0.2, 0.25) is 0 Å². The number of aliphatic hydroxyl groups excluding tert-OH is 1. The first kappa shape index (κ1) is 14.0. The fourth-order valence-electron chi connectivity index (χ4n) is 2.33. The van der Waals surface area contributed by atoms with E-state index >= 15 is 0 Å². The van der Waals surface area contributed by atoms with Gasteiger partial charge in [0.2, 0.25) is 0 Å². The van der Waals surface area contributed by atoms with Crippen LogP contribution in [0.4, 0.5) is 0 Å². The molecule has 0 spiro atoms. The summed E-state index contributed by atoms with van der Waals surface area (Å²) in [6, 6.07) is 9.58. The molecule has 1 heterocycles. The lowest BCUT2D eigenvalue weighted by Gasteiger charge is -2.15. The first-order valence-corrected chi connectivity index (χ1v) is 7.45. The third-order valence-electron chi connectivity index (χ3n) is 3.68. The molecule has 110 valence electrons. The summed E-state index contributed by atoms with van der Waals surface area (Å²) in [5.41, 5.74) is 3.34. The Morgan fingerprint density at radius 1 is 1.24 bits per heavy atom. The van der Waals surface area contributed by atoms with Gasteiger partial charge >= 0.3 is 0 Å². The number of benzene rings is 1. The molecular weight excluding hydrogens is 264 g/mol. The average Bonchev–Trinajstić information content (AvgIpc) is 3.31. The Morgan fingerprint density at radius 3 is 2.57 bits per heavy atom. The number of aliphatic hydroxyl groups is 1. The second-order valence-corrected chi connectivity index (χ2v) is 5.53. The topological polar surface area (TPSA) is 55.2 Å². The number of aromatic nitrogens is 2. The molecule has 0 saturated heterocycles. The lowest BCUT2D eigenvalue weighted by atomic mass is 9.99. The van der Waals surface area contributed by atoms with Crippen LogP contribution >= 0.6 is 0 Å². The monoisotopic (exact) mass is 284 g/mol. The van der Waals surface area contributed by atoms with Crippen molar-refractivity contribution in [3.8, 4) is 5.75 Å². The largest absolute Gasteiger partial charge is 0.490 e. The summed E-state index contributed by atoms with van der Waals surface area (Å²) in [4.78, 5) is 0. The molecule has 1 aromatic heterocycles. The van der Waals surface area contributed by atoms with Crippen molar-refractivity contribution in [1.82, 2.24) is 10.2 Å². The van der Waals surface area contributed by atoms with E-state index in [2.05, 4.69) is 10.2 Å². The number of nitrogens with zero attached hydrogens (tertiary/aromatic N) is 2. The highest BCUT2D eigenvalue weighted by atomic mass is 16.5. The average molecular weight is 284 g/mol. The molecule has 1 aromatic carbocycles. The Labute approximate surface area is 124 Å². The Kier molecular flexibility index (Phi) is 3.88. The standard InChI is InChI=1S/C17H20N2O2/c1-3-16-15(10-11(2)18-19-16)17(20)12-4-6-13(7-5-12)21-14-8-9-14/h4-7,10,14,17,20H,3,8-9H2,1-2H3. The van der Waals surface area contributed by atoms with E-state index in [-0.39, 0.29) is 0 Å². The van der Waals surface area contributed by atoms with Gasteiger partial charge in [0.15, 0.2) is 0 Å². The highest BCUT2D eigenvalue weighted by Gasteiger charge is 2.23. The molecule has 2 aromatic rings. The molecule has 0 amide bonds. The summed E-state index contributed by atoms with van der Waals surface area (Å²) in [5, 5.41) is 18.8. The van der Waals surface area contributed by atoms with Crippen molar-refractivity contribution in [3.63, 3.8) is 0 Å². The van der Waals surface area contributed by atoms with E-state index in [9.17, 15) is 5.11 Å². The molecule has 4 heteroatoms. The van der Waals surface area contributed by atoms with Crippen molar-refractivity contribution in [3.05, 3.63) is 52.8 Å². The van der Waals surface area contributed by atoms with E-state index in [1.165, 1.54) is 0 Å². The lowest BCUT2D eigenvalue weighted by Crippen LogP contribution is -2.07. The molecule has 1 fully saturated rings. The third kappa shape index (κ3) is 3.22. The van der Waals surface area contributed by atoms with Crippen LogP contribution in [0, 0.1) is 6.92 Å². The second-order valence-electron chi connectivity index (χ2n) is 5.53. The Balaban J connectivity index is 1.83. The van der Waals surface area contributed by atoms with E-state index in [1.807, 2.05) is 44.2 Å². The van der Waals surface area contributed by atoms with Crippen LogP contribution < -0.4 is 4.74 Å². The van der Waals surface area contributed by atoms with E-state index in [4.69, 9.17) is 4.74 Å². The Hall–Kier alpha value is -1.94. The molecule has 21 heavy (non-hydrogen) atoms. The molecule has 3 rings (SSSR count). The smallest absolute Gasteiger partial charge is 0.119 e. The van der Waals surface area contributed by atoms with Gasteiger partial charge in [0.25, 0.3) is 0 Å². The summed E-state index contributed by atoms with van der Waals surface area (Å²) in [7, 11) is 0. The van der Waals surface area contributed by atoms with Gasteiger partial charge in [0.1, 0.15) is 11.9 Å². The zero-order chi connectivity index (χ0) is 14.8. The lowest BCUT2D eigenvalue weighted by molar-refractivity contribution is 0.218. The maximum Gasteiger partial charge on any atom is 0.119 e. The number of ether oxygens (including phenoxy) is 1. The van der Waals surface area contributed by atoms with Gasteiger partial charge in [-0.2, -0.15) is 10.2 Å². The van der Waals surface area contributed by atoms with Crippen molar-refractivity contribution < 1.29 is 9.84 Å². The normalized spacial score (nSPS) is 15.8. The maximum absolute atomic E-state index is 10.6. The zero-order valence-corrected chi connectivity index (χ0v) is 12.4. The van der Waals surface area contributed by atoms with Crippen molar-refractivity contribution in [2.75, 3.05) is 0 Å². The van der Waals surface area contributed by atoms with Crippen molar-refractivity contribution in [2.45, 2.75) is 45.3 Å². The van der Waals surface area contributed by atoms with Crippen LogP contribution in [0.25, 0.3) is 0 Å². The van der Waals surface area contributed by atoms with Gasteiger partial charge in [-0.25, -0.2) is 0 Å². The minimum absolute atomic E-state index is 0.388. The SMILES string of the molecule is CCc1nnc(C)cc1C(O)c1ccc(OC2CC2)cc1. The molecule has 4 nitrogen and oxygen atoms in total. The second kappa shape index (κ2) is 5.82. The van der Waals surface area contributed by atoms with Crippen LogP contribution in [0.3, 0.4) is 0 Å². The predicted octanol–water partition coefficient (Wildman–Crippen LogP) is 2.97. The van der Waals surface area contributed by atoms with Crippen LogP contribution in [0.1, 0.15) is 48.4 Å². The molecule has 1 atom stereocenters. The van der Waals surface area contributed by atoms with E-state index in [1.54, 1.807) is 0 Å². The van der Waals surface area contributed by atoms with Gasteiger partial charge in [0.05, 0.1) is 17.5 Å². The number of hydrogen-bond acceptors (Lipinski definition) is 4. The summed E-state index contributed by atoms with van der Waals surface area (Å²) in [6.45, 7) is 3.90. The van der Waals surface area contributed by atoms with E-state index in [0.717, 1.165) is 47.5 Å². The molecule has 0 bridgehead atoms. The molecule has 1 unspecified atom stereocenters. The van der Waals surface area contributed by atoms with E-state index < -0.39 is 6.10 Å². The molecule has 1 N–H and O–H groups in total. The van der Waals surface area contributed by atoms with Crippen molar-refractivity contribution in [1.29, 1.82) is 0 Å². The van der Waals surface area contributed by atoms with Gasteiger partial charge in [-0.3, -0.25) is 0 Å². The van der Waals surface area contributed by atoms with Crippen LogP contribution in [-0.2, 0) is 6.42 Å². The fourth-order valence-corrected chi connectivity index (χ4v) is 2.33. The zero-order valence-electron chi connectivity index (χ0n) is 12.4. The van der Waals surface area contributed by atoms with Crippen LogP contribution in [0.15, 0.2) is 30.3 Å². The van der Waals surface area contributed by atoms with Gasteiger partial charge in [-0.15, -0.1) is 0 Å². The quantitative estimate of drug-likeness (QED) is 0.917. The van der Waals surface area contributed by atoms with Crippen molar-refractivity contribution in [2.24, 2.45) is 0 Å². The minimum atomic E-state index is -0.677. The third-order valence-corrected chi connectivity index (χ3v) is 3.68. The number of aryl methyl sites for hydroxylation is 2. The summed E-state index contributed by atoms with van der Waals surface area (Å²) >= 11 is 0. The maximum atomic E-state index is 10.6. The Morgan fingerprint density at radius 2 is 1.95 bits per heavy atom. The molecule has 1 aliphatic carbocycles. The van der Waals surface area contributed by atoms with Gasteiger partial charge in [-0.05, 0) is 49.9 Å². The minimum Gasteiger partial charge on any atom is -0.490 e. The summed E-state index contributed by atoms with van der Waals surface area (Å²) in [5.74, 6) is 0.869. The first-order valence-electron chi connectivity index (χ1n) is 7.45. The van der Waals surface area contributed by atoms with Gasteiger partial charge in [0, 0.05) is 5.56 Å². The van der Waals surface area contributed by atoms with E-state index in [0.29, 0.717) is 6.10 Å². The molecule has 0 radical (unpaired) electrons. The summed E-state index contributed by atoms with van der Waals surface area (Å²) in [6.07, 6.45) is 2.75. The summed E-state index contributed by atoms with van der Waals surface area (Å²) < 4.78 is 5.73. The fraction of sp³-hybridized carbons (Fsp3) is 0.412. The molecular formula is C17H20N2O2. The number of rotatable bonds is 5. The molecule has 1 aliphatic rings. The predicted molar refractivity (Wildman–Crippen MR) is 80.3 cm³/mol. The van der Waals surface area contributed by atoms with Crippen LogP contribution in [0.5, 0.6) is 5.75 Å². The Bertz CT molecular complexity index is 621. The molecule has 0 aliphatic heterocycles. The van der Waals surface area contributed by atoms with Crippen molar-refractivity contribution >= 4 is 0 Å². The highest BCUT2D eigenvalue weighted by molar-refractivity contribution is 5.36. The molecule has 1 saturated carbocycles. The first-order chi connectivity index (χ1) is 10.2. The van der Waals surface area contributed by atoms with Gasteiger partial charge < -0.3 is 9.84 Å². The van der Waals surface area contributed by atoms with Crippen LogP contribution in [-0.4, -0.2) is 21.4 Å². The van der Waals surface area contributed by atoms with Gasteiger partial charge in [-0.1, -0.05) is 19.1 Å². The highest BCUT2D eigenvalue weighted by Crippen LogP contribution is 2.29.